The van der Waals surface area contributed by atoms with Crippen LogP contribution in [0.2, 0.25) is 0 Å². The van der Waals surface area contributed by atoms with Crippen molar-refractivity contribution in [3.05, 3.63) is 29.3 Å². The van der Waals surface area contributed by atoms with Gasteiger partial charge in [0.15, 0.2) is 0 Å². The Bertz CT molecular complexity index is 381. The molecular formula is C8H7N3O4. The third-order valence-electron chi connectivity index (χ3n) is 1.45. The fourth-order valence-corrected chi connectivity index (χ4v) is 0.899. The van der Waals surface area contributed by atoms with Gasteiger partial charge in [0.2, 0.25) is 0 Å². The largest absolute Gasteiger partial charge is 0.478 e. The molecule has 0 saturated carbocycles. The van der Waals surface area contributed by atoms with Gasteiger partial charge in [0.25, 0.3) is 0 Å². The topological polar surface area (TPSA) is 148 Å². The molecular weight excluding hydrogens is 202 g/mol. The summed E-state index contributed by atoms with van der Waals surface area (Å²) in [6, 6.07) is 3.46. The summed E-state index contributed by atoms with van der Waals surface area (Å²) in [5.41, 5.74) is 5.18. The van der Waals surface area contributed by atoms with E-state index in [-0.39, 0.29) is 16.8 Å². The van der Waals surface area contributed by atoms with Crippen LogP contribution in [0, 0.1) is 10.8 Å². The van der Waals surface area contributed by atoms with Gasteiger partial charge in [-0.2, -0.15) is 0 Å². The maximum absolute atomic E-state index is 10.5. The lowest BCUT2D eigenvalue weighted by molar-refractivity contribution is 0.0696. The number of anilines is 1. The first-order valence-electron chi connectivity index (χ1n) is 3.58. The number of carbonyl (C=O) groups is 2. The summed E-state index contributed by atoms with van der Waals surface area (Å²) in [5, 5.41) is 29.1. The highest BCUT2D eigenvalue weighted by atomic mass is 16.4. The van der Waals surface area contributed by atoms with E-state index in [0.29, 0.717) is 0 Å². The van der Waals surface area contributed by atoms with Crippen molar-refractivity contribution in [2.24, 2.45) is 0 Å². The van der Waals surface area contributed by atoms with E-state index in [1.165, 1.54) is 12.1 Å². The second kappa shape index (κ2) is 5.18. The molecule has 0 spiro atoms. The molecule has 0 aliphatic heterocycles. The van der Waals surface area contributed by atoms with E-state index < -0.39 is 11.9 Å². The second-order valence-corrected chi connectivity index (χ2v) is 2.45. The molecule has 0 saturated heterocycles. The molecule has 7 heteroatoms. The van der Waals surface area contributed by atoms with Crippen molar-refractivity contribution in [1.82, 2.24) is 0 Å². The van der Waals surface area contributed by atoms with Gasteiger partial charge in [0, 0.05) is 16.5 Å². The summed E-state index contributed by atoms with van der Waals surface area (Å²) in [6.45, 7) is 0. The van der Waals surface area contributed by atoms with Crippen LogP contribution < -0.4 is 5.73 Å². The van der Waals surface area contributed by atoms with E-state index in [4.69, 9.17) is 26.7 Å². The summed E-state index contributed by atoms with van der Waals surface area (Å²) in [7, 11) is 0. The number of nitrogen functional groups attached to an aromatic ring is 1. The first-order valence-corrected chi connectivity index (χ1v) is 3.58. The monoisotopic (exact) mass is 209 g/mol. The summed E-state index contributed by atoms with van der Waals surface area (Å²) < 4.78 is 0. The maximum atomic E-state index is 10.5. The molecule has 1 aromatic carbocycles. The van der Waals surface area contributed by atoms with Gasteiger partial charge >= 0.3 is 11.9 Å². The fourth-order valence-electron chi connectivity index (χ4n) is 0.899. The summed E-state index contributed by atoms with van der Waals surface area (Å²) in [5.74, 6) is -2.40. The van der Waals surface area contributed by atoms with Crippen molar-refractivity contribution in [2.45, 2.75) is 0 Å². The molecule has 15 heavy (non-hydrogen) atoms. The average molecular weight is 209 g/mol. The van der Waals surface area contributed by atoms with Gasteiger partial charge in [-0.15, -0.1) is 0 Å². The molecule has 1 aromatic rings. The molecule has 0 atom stereocenters. The Morgan fingerprint density at radius 2 is 1.33 bits per heavy atom. The number of hydrogen-bond acceptors (Lipinski definition) is 5. The van der Waals surface area contributed by atoms with Gasteiger partial charge in [-0.1, -0.05) is 0 Å². The van der Waals surface area contributed by atoms with E-state index in [1.807, 2.05) is 0 Å². The van der Waals surface area contributed by atoms with Crippen LogP contribution in [0.5, 0.6) is 0 Å². The van der Waals surface area contributed by atoms with E-state index in [0.717, 1.165) is 6.07 Å². The Hall–Kier alpha value is -2.62. The third kappa shape index (κ3) is 3.31. The number of nitrogens with zero attached hydrogens (tertiary/aromatic N) is 2. The lowest BCUT2D eigenvalue weighted by atomic mass is 10.1. The number of benzene rings is 1. The number of rotatable bonds is 2. The van der Waals surface area contributed by atoms with E-state index in [2.05, 4.69) is 0 Å². The number of carboxylic acids is 2. The predicted octanol–water partition coefficient (Wildman–Crippen LogP) is 0.695. The van der Waals surface area contributed by atoms with Gasteiger partial charge in [-0.05, 0) is 18.2 Å². The van der Waals surface area contributed by atoms with Crippen molar-refractivity contribution in [2.75, 3.05) is 5.73 Å². The van der Waals surface area contributed by atoms with Crippen LogP contribution in [0.25, 0.3) is 0 Å². The van der Waals surface area contributed by atoms with E-state index >= 15 is 0 Å². The van der Waals surface area contributed by atoms with Crippen molar-refractivity contribution < 1.29 is 19.8 Å². The average Bonchev–Trinajstić information content (AvgIpc) is 2.19. The lowest BCUT2D eigenvalue weighted by Crippen LogP contribution is -2.03. The molecule has 4 N–H and O–H groups in total. The zero-order valence-corrected chi connectivity index (χ0v) is 7.41. The van der Waals surface area contributed by atoms with Crippen molar-refractivity contribution in [3.8, 4) is 0 Å². The van der Waals surface area contributed by atoms with Crippen molar-refractivity contribution in [3.63, 3.8) is 0 Å². The molecule has 0 bridgehead atoms. The smallest absolute Gasteiger partial charge is 0.335 e. The molecule has 0 fully saturated rings. The minimum atomic E-state index is -1.20. The highest BCUT2D eigenvalue weighted by Gasteiger charge is 2.09. The van der Waals surface area contributed by atoms with E-state index in [9.17, 15) is 9.59 Å². The Balaban J connectivity index is 0.000000921. The fraction of sp³-hybridized carbons (Fsp3) is 0. The molecule has 0 heterocycles. The van der Waals surface area contributed by atoms with Gasteiger partial charge in [-0.25, -0.2) is 9.59 Å². The normalized spacial score (nSPS) is 8.40. The number of carboxylic acid groups (broad SMARTS) is 2. The molecule has 78 valence electrons. The predicted molar refractivity (Wildman–Crippen MR) is 48.2 cm³/mol. The Morgan fingerprint density at radius 1 is 1.00 bits per heavy atom. The summed E-state index contributed by atoms with van der Waals surface area (Å²) >= 11 is 0. The van der Waals surface area contributed by atoms with Crippen molar-refractivity contribution in [1.29, 1.82) is 10.8 Å². The summed E-state index contributed by atoms with van der Waals surface area (Å²) in [6.07, 6.45) is 0. The minimum Gasteiger partial charge on any atom is -0.478 e. The summed E-state index contributed by atoms with van der Waals surface area (Å²) in [4.78, 5) is 21.0. The molecule has 0 radical (unpaired) electrons. The van der Waals surface area contributed by atoms with Crippen LogP contribution in [-0.4, -0.2) is 22.2 Å². The van der Waals surface area contributed by atoms with Gasteiger partial charge in [0.1, 0.15) is 0 Å². The quantitative estimate of drug-likeness (QED) is 0.479. The SMILES string of the molecule is N#N.Nc1cc(C(=O)O)cc(C(=O)O)c1. The molecule has 0 aromatic heterocycles. The van der Waals surface area contributed by atoms with Crippen LogP contribution in [0.15, 0.2) is 18.2 Å². The first kappa shape index (κ1) is 12.4. The van der Waals surface area contributed by atoms with Crippen LogP contribution >= 0.6 is 0 Å². The molecule has 1 rings (SSSR count). The van der Waals surface area contributed by atoms with Crippen LogP contribution in [0.1, 0.15) is 20.7 Å². The number of nitrogens with two attached hydrogens (primary N) is 1. The molecule has 0 unspecified atom stereocenters. The Kier molecular flexibility index (Phi) is 4.28. The second-order valence-electron chi connectivity index (χ2n) is 2.45. The highest BCUT2D eigenvalue weighted by Crippen LogP contribution is 2.11. The van der Waals surface area contributed by atoms with Crippen molar-refractivity contribution >= 4 is 17.6 Å². The zero-order chi connectivity index (χ0) is 12.0. The minimum absolute atomic E-state index is 0.123. The lowest BCUT2D eigenvalue weighted by Gasteiger charge is -1.99. The number of aromatic carboxylic acids is 2. The van der Waals surface area contributed by atoms with Gasteiger partial charge in [-0.3, -0.25) is 0 Å². The Morgan fingerprint density at radius 3 is 1.60 bits per heavy atom. The maximum Gasteiger partial charge on any atom is 0.335 e. The number of hydrogen-bond donors (Lipinski definition) is 3. The van der Waals surface area contributed by atoms with Gasteiger partial charge in [0.05, 0.1) is 11.1 Å². The molecule has 0 amide bonds. The van der Waals surface area contributed by atoms with Crippen LogP contribution in [0.4, 0.5) is 5.69 Å². The molecule has 7 nitrogen and oxygen atoms in total. The first-order chi connectivity index (χ1) is 7.00. The molecule has 0 aliphatic carbocycles. The van der Waals surface area contributed by atoms with Crippen LogP contribution in [-0.2, 0) is 0 Å². The van der Waals surface area contributed by atoms with Gasteiger partial charge < -0.3 is 15.9 Å². The van der Waals surface area contributed by atoms with Crippen LogP contribution in [0.3, 0.4) is 0 Å². The zero-order valence-electron chi connectivity index (χ0n) is 7.41. The van der Waals surface area contributed by atoms with E-state index in [1.54, 1.807) is 0 Å². The Labute approximate surface area is 84.2 Å². The third-order valence-corrected chi connectivity index (χ3v) is 1.45. The highest BCUT2D eigenvalue weighted by molar-refractivity contribution is 5.95. The molecule has 0 aliphatic rings. The standard InChI is InChI=1S/C8H7NO4.N2/c9-6-2-4(7(10)11)1-5(3-6)8(12)13;1-2/h1-3H,9H2,(H,10,11)(H,12,13);.